The van der Waals surface area contributed by atoms with Gasteiger partial charge in [0.25, 0.3) is 5.69 Å². The number of nitrogens with one attached hydrogen (secondary N) is 1. The van der Waals surface area contributed by atoms with Crippen LogP contribution < -0.4 is 5.32 Å². The van der Waals surface area contributed by atoms with E-state index in [1.54, 1.807) is 61.5 Å². The highest BCUT2D eigenvalue weighted by Crippen LogP contribution is 2.26. The van der Waals surface area contributed by atoms with Gasteiger partial charge in [0.05, 0.1) is 10.8 Å². The molecule has 0 heterocycles. The minimum absolute atomic E-state index is 0.131. The van der Waals surface area contributed by atoms with E-state index in [1.165, 1.54) is 18.2 Å². The molecule has 28 heavy (non-hydrogen) atoms. The topological polar surface area (TPSA) is 89.3 Å². The fraction of sp³-hybridized carbons (Fsp3) is 0.0909. The Labute approximate surface area is 162 Å². The fourth-order valence-electron chi connectivity index (χ4n) is 2.84. The average molecular weight is 374 g/mol. The monoisotopic (exact) mass is 374 g/mol. The molecule has 0 bridgehead atoms. The van der Waals surface area contributed by atoms with E-state index in [1.807, 2.05) is 6.07 Å². The van der Waals surface area contributed by atoms with Crippen molar-refractivity contribution in [3.8, 4) is 0 Å². The van der Waals surface area contributed by atoms with Gasteiger partial charge in [-0.25, -0.2) is 0 Å². The fourth-order valence-corrected chi connectivity index (χ4v) is 2.84. The van der Waals surface area contributed by atoms with Crippen molar-refractivity contribution in [3.05, 3.63) is 106 Å². The number of nitro benzene ring substituents is 1. The van der Waals surface area contributed by atoms with Crippen LogP contribution in [0.2, 0.25) is 0 Å². The number of hydrogen-bond donors (Lipinski definition) is 1. The second-order valence-electron chi connectivity index (χ2n) is 6.31. The first-order valence-electron chi connectivity index (χ1n) is 8.71. The van der Waals surface area contributed by atoms with Gasteiger partial charge in [0, 0.05) is 17.2 Å². The van der Waals surface area contributed by atoms with Gasteiger partial charge in [-0.05, 0) is 24.6 Å². The minimum atomic E-state index is -0.594. The first-order chi connectivity index (χ1) is 13.5. The first kappa shape index (κ1) is 19.0. The van der Waals surface area contributed by atoms with Crippen LogP contribution in [0.1, 0.15) is 34.3 Å². The molecular formula is C22H18N2O4. The van der Waals surface area contributed by atoms with E-state index in [-0.39, 0.29) is 17.2 Å². The first-order valence-corrected chi connectivity index (χ1v) is 8.71. The Morgan fingerprint density at radius 1 is 0.893 bits per heavy atom. The number of nitrogens with zero attached hydrogens (tertiary/aromatic N) is 1. The summed E-state index contributed by atoms with van der Waals surface area (Å²) in [6.45, 7) is 1.69. The van der Waals surface area contributed by atoms with Gasteiger partial charge in [-0.15, -0.1) is 0 Å². The molecule has 0 saturated carbocycles. The zero-order valence-corrected chi connectivity index (χ0v) is 15.2. The van der Waals surface area contributed by atoms with Crippen LogP contribution in [0.15, 0.2) is 78.9 Å². The summed E-state index contributed by atoms with van der Waals surface area (Å²) in [6, 6.07) is 21.7. The Hall–Kier alpha value is -3.80. The predicted molar refractivity (Wildman–Crippen MR) is 106 cm³/mol. The number of benzene rings is 3. The van der Waals surface area contributed by atoms with Gasteiger partial charge in [-0.2, -0.15) is 0 Å². The summed E-state index contributed by atoms with van der Waals surface area (Å²) in [4.78, 5) is 35.8. The number of para-hydroxylation sites is 2. The third-order valence-electron chi connectivity index (χ3n) is 4.44. The van der Waals surface area contributed by atoms with Crippen molar-refractivity contribution in [1.82, 2.24) is 0 Å². The molecule has 3 rings (SSSR count). The molecular weight excluding hydrogens is 356 g/mol. The van der Waals surface area contributed by atoms with Crippen molar-refractivity contribution in [3.63, 3.8) is 0 Å². The van der Waals surface area contributed by atoms with Crippen molar-refractivity contribution in [2.75, 3.05) is 5.32 Å². The summed E-state index contributed by atoms with van der Waals surface area (Å²) in [6.07, 6.45) is 0. The van der Waals surface area contributed by atoms with Crippen LogP contribution in [0.4, 0.5) is 11.4 Å². The molecule has 1 amide bonds. The van der Waals surface area contributed by atoms with Crippen molar-refractivity contribution in [2.45, 2.75) is 12.8 Å². The maximum absolute atomic E-state index is 12.6. The normalized spacial score (nSPS) is 11.5. The van der Waals surface area contributed by atoms with Crippen LogP contribution in [0.25, 0.3) is 0 Å². The Balaban J connectivity index is 1.81. The molecule has 1 atom stereocenters. The standard InChI is InChI=1S/C22H18N2O4/c1-15(22(26)23-19-12-5-6-13-20(19)24(27)28)17-10-7-11-18(14-17)21(25)16-8-3-2-4-9-16/h2-15H,1H3,(H,23,26)/t15-/m0/s1. The van der Waals surface area contributed by atoms with Gasteiger partial charge < -0.3 is 5.32 Å². The van der Waals surface area contributed by atoms with E-state index >= 15 is 0 Å². The Morgan fingerprint density at radius 2 is 1.54 bits per heavy atom. The highest BCUT2D eigenvalue weighted by Gasteiger charge is 2.21. The minimum Gasteiger partial charge on any atom is -0.320 e. The molecule has 0 radical (unpaired) electrons. The van der Waals surface area contributed by atoms with E-state index in [0.29, 0.717) is 16.7 Å². The second kappa shape index (κ2) is 8.26. The van der Waals surface area contributed by atoms with Gasteiger partial charge >= 0.3 is 0 Å². The van der Waals surface area contributed by atoms with Gasteiger partial charge in [-0.1, -0.05) is 60.7 Å². The molecule has 6 heteroatoms. The highest BCUT2D eigenvalue weighted by atomic mass is 16.6. The smallest absolute Gasteiger partial charge is 0.292 e. The van der Waals surface area contributed by atoms with Crippen LogP contribution >= 0.6 is 0 Å². The number of anilines is 1. The molecule has 0 aliphatic carbocycles. The molecule has 140 valence electrons. The molecule has 0 unspecified atom stereocenters. The summed E-state index contributed by atoms with van der Waals surface area (Å²) in [7, 11) is 0. The molecule has 0 aliphatic rings. The lowest BCUT2D eigenvalue weighted by molar-refractivity contribution is -0.383. The summed E-state index contributed by atoms with van der Waals surface area (Å²) in [5, 5.41) is 13.7. The molecule has 0 fully saturated rings. The van der Waals surface area contributed by atoms with Crippen LogP contribution in [-0.2, 0) is 4.79 Å². The summed E-state index contributed by atoms with van der Waals surface area (Å²) in [5.41, 5.74) is 1.67. The Kier molecular flexibility index (Phi) is 5.60. The Bertz CT molecular complexity index is 1030. The molecule has 3 aromatic carbocycles. The number of amides is 1. The van der Waals surface area contributed by atoms with E-state index in [0.717, 1.165) is 0 Å². The number of carbonyl (C=O) groups excluding carboxylic acids is 2. The van der Waals surface area contributed by atoms with E-state index < -0.39 is 16.7 Å². The van der Waals surface area contributed by atoms with Gasteiger partial charge in [0.1, 0.15) is 5.69 Å². The van der Waals surface area contributed by atoms with Crippen molar-refractivity contribution in [1.29, 1.82) is 0 Å². The van der Waals surface area contributed by atoms with Crippen molar-refractivity contribution >= 4 is 23.1 Å². The van der Waals surface area contributed by atoms with Crippen LogP contribution in [-0.4, -0.2) is 16.6 Å². The number of rotatable bonds is 6. The van der Waals surface area contributed by atoms with Gasteiger partial charge in [-0.3, -0.25) is 19.7 Å². The molecule has 0 aromatic heterocycles. The van der Waals surface area contributed by atoms with Crippen LogP contribution in [0.3, 0.4) is 0 Å². The van der Waals surface area contributed by atoms with Crippen molar-refractivity contribution < 1.29 is 14.5 Å². The maximum atomic E-state index is 12.6. The third kappa shape index (κ3) is 4.12. The number of ketones is 1. The van der Waals surface area contributed by atoms with E-state index in [9.17, 15) is 19.7 Å². The Morgan fingerprint density at radius 3 is 2.25 bits per heavy atom. The lowest BCUT2D eigenvalue weighted by Gasteiger charge is -2.14. The molecule has 1 N–H and O–H groups in total. The number of nitro groups is 1. The zero-order chi connectivity index (χ0) is 20.1. The summed E-state index contributed by atoms with van der Waals surface area (Å²) >= 11 is 0. The molecule has 0 aliphatic heterocycles. The number of hydrogen-bond acceptors (Lipinski definition) is 4. The van der Waals surface area contributed by atoms with E-state index in [2.05, 4.69) is 5.32 Å². The second-order valence-corrected chi connectivity index (χ2v) is 6.31. The molecule has 0 spiro atoms. The van der Waals surface area contributed by atoms with Crippen LogP contribution in [0, 0.1) is 10.1 Å². The largest absolute Gasteiger partial charge is 0.320 e. The lowest BCUT2D eigenvalue weighted by atomic mass is 9.95. The molecule has 6 nitrogen and oxygen atoms in total. The predicted octanol–water partition coefficient (Wildman–Crippen LogP) is 4.57. The van der Waals surface area contributed by atoms with Crippen molar-refractivity contribution in [2.24, 2.45) is 0 Å². The average Bonchev–Trinajstić information content (AvgIpc) is 2.73. The van der Waals surface area contributed by atoms with Crippen LogP contribution in [0.5, 0.6) is 0 Å². The van der Waals surface area contributed by atoms with Gasteiger partial charge in [0.15, 0.2) is 5.78 Å². The maximum Gasteiger partial charge on any atom is 0.292 e. The zero-order valence-electron chi connectivity index (χ0n) is 15.2. The molecule has 0 saturated heterocycles. The quantitative estimate of drug-likeness (QED) is 0.389. The summed E-state index contributed by atoms with van der Waals surface area (Å²) < 4.78 is 0. The highest BCUT2D eigenvalue weighted by molar-refractivity contribution is 6.09. The van der Waals surface area contributed by atoms with Gasteiger partial charge in [0.2, 0.25) is 5.91 Å². The lowest BCUT2D eigenvalue weighted by Crippen LogP contribution is -2.19. The SMILES string of the molecule is C[C@H](C(=O)Nc1ccccc1[N+](=O)[O-])c1cccc(C(=O)c2ccccc2)c1. The summed E-state index contributed by atoms with van der Waals surface area (Å²) in [5.74, 6) is -1.12. The molecule has 3 aromatic rings. The third-order valence-corrected chi connectivity index (χ3v) is 4.44. The van der Waals surface area contributed by atoms with E-state index in [4.69, 9.17) is 0 Å². The number of carbonyl (C=O) groups is 2.